The van der Waals surface area contributed by atoms with Crippen LogP contribution in [0.3, 0.4) is 0 Å². The highest BCUT2D eigenvalue weighted by atomic mass is 35.5. The minimum atomic E-state index is -3.42. The molecule has 1 fully saturated rings. The highest BCUT2D eigenvalue weighted by Crippen LogP contribution is 2.25. The molecule has 1 unspecified atom stereocenters. The fourth-order valence-corrected chi connectivity index (χ4v) is 5.58. The number of thioether (sulfide) groups is 1. The minimum Gasteiger partial charge on any atom is -0.492 e. The molecule has 1 N–H and O–H groups in total. The molecule has 1 amide bonds. The quantitative estimate of drug-likeness (QED) is 0.447. The molecule has 9 heteroatoms. The number of sulfonamides is 1. The minimum absolute atomic E-state index is 0.0781. The van der Waals surface area contributed by atoms with Gasteiger partial charge in [0.25, 0.3) is 0 Å². The summed E-state index contributed by atoms with van der Waals surface area (Å²) in [5.74, 6) is 0.485. The number of rotatable bonds is 9. The van der Waals surface area contributed by atoms with Crippen LogP contribution in [0.1, 0.15) is 19.8 Å². The van der Waals surface area contributed by atoms with Crippen LogP contribution >= 0.6 is 23.4 Å². The average molecular weight is 469 g/mol. The lowest BCUT2D eigenvalue weighted by molar-refractivity contribution is -0.120. The van der Waals surface area contributed by atoms with Crippen molar-refractivity contribution in [1.29, 1.82) is 0 Å². The highest BCUT2D eigenvalue weighted by molar-refractivity contribution is 8.00. The summed E-state index contributed by atoms with van der Waals surface area (Å²) in [5.41, 5.74) is 0. The topological polar surface area (TPSA) is 75.7 Å². The molecule has 0 aliphatic carbocycles. The number of halogens is 1. The highest BCUT2D eigenvalue weighted by Gasteiger charge is 2.26. The average Bonchev–Trinajstić information content (AvgIpc) is 3.29. The summed E-state index contributed by atoms with van der Waals surface area (Å²) in [5, 5.41) is 3.26. The second kappa shape index (κ2) is 10.5. The third-order valence-electron chi connectivity index (χ3n) is 4.69. The van der Waals surface area contributed by atoms with Crippen LogP contribution in [0.25, 0.3) is 0 Å². The molecule has 6 nitrogen and oxygen atoms in total. The summed E-state index contributed by atoms with van der Waals surface area (Å²) >= 11 is 7.33. The number of amides is 1. The monoisotopic (exact) mass is 468 g/mol. The van der Waals surface area contributed by atoms with Gasteiger partial charge in [-0.05, 0) is 68.3 Å². The molecule has 162 valence electrons. The summed E-state index contributed by atoms with van der Waals surface area (Å²) < 4.78 is 32.2. The number of carbonyl (C=O) groups excluding carboxylic acids is 1. The third-order valence-corrected chi connectivity index (χ3v) is 7.97. The standard InChI is InChI=1S/C21H25ClN2O4S2/c1-16(29-19-8-4-17(22)5-9-19)21(25)23-12-15-28-18-6-10-20(11-7-18)30(26,27)24-13-2-3-14-24/h4-11,16H,2-3,12-15H2,1H3,(H,23,25). The van der Waals surface area contributed by atoms with Crippen molar-refractivity contribution >= 4 is 39.3 Å². The zero-order chi connectivity index (χ0) is 21.6. The molecule has 0 aromatic heterocycles. The number of benzene rings is 2. The van der Waals surface area contributed by atoms with E-state index in [1.54, 1.807) is 36.4 Å². The zero-order valence-electron chi connectivity index (χ0n) is 16.7. The Kier molecular flexibility index (Phi) is 8.05. The second-order valence-electron chi connectivity index (χ2n) is 6.94. The van der Waals surface area contributed by atoms with Gasteiger partial charge in [-0.1, -0.05) is 11.6 Å². The van der Waals surface area contributed by atoms with Crippen LogP contribution in [-0.4, -0.2) is 50.1 Å². The predicted molar refractivity (Wildman–Crippen MR) is 120 cm³/mol. The number of hydrogen-bond donors (Lipinski definition) is 1. The molecule has 0 bridgehead atoms. The molecule has 1 aliphatic heterocycles. The van der Waals surface area contributed by atoms with Crippen molar-refractivity contribution in [3.05, 3.63) is 53.6 Å². The van der Waals surface area contributed by atoms with Crippen molar-refractivity contribution in [2.75, 3.05) is 26.2 Å². The van der Waals surface area contributed by atoms with E-state index in [1.807, 2.05) is 19.1 Å². The number of carbonyl (C=O) groups is 1. The van der Waals surface area contributed by atoms with Gasteiger partial charge in [-0.3, -0.25) is 4.79 Å². The summed E-state index contributed by atoms with van der Waals surface area (Å²) in [7, 11) is -3.42. The van der Waals surface area contributed by atoms with E-state index in [9.17, 15) is 13.2 Å². The second-order valence-corrected chi connectivity index (χ2v) is 10.7. The van der Waals surface area contributed by atoms with Crippen LogP contribution < -0.4 is 10.1 Å². The maximum absolute atomic E-state index is 12.5. The Morgan fingerprint density at radius 2 is 1.77 bits per heavy atom. The predicted octanol–water partition coefficient (Wildman–Crippen LogP) is 3.80. The molecule has 1 atom stereocenters. The molecule has 1 heterocycles. The Labute approximate surface area is 187 Å². The van der Waals surface area contributed by atoms with Crippen molar-refractivity contribution < 1.29 is 17.9 Å². The van der Waals surface area contributed by atoms with Crippen molar-refractivity contribution in [2.24, 2.45) is 0 Å². The Balaban J connectivity index is 1.41. The van der Waals surface area contributed by atoms with Gasteiger partial charge in [0.2, 0.25) is 15.9 Å². The lowest BCUT2D eigenvalue weighted by Crippen LogP contribution is -2.33. The zero-order valence-corrected chi connectivity index (χ0v) is 19.1. The van der Waals surface area contributed by atoms with E-state index < -0.39 is 10.0 Å². The maximum Gasteiger partial charge on any atom is 0.243 e. The summed E-state index contributed by atoms with van der Waals surface area (Å²) in [4.78, 5) is 13.5. The lowest BCUT2D eigenvalue weighted by Gasteiger charge is -2.16. The molecule has 2 aromatic carbocycles. The van der Waals surface area contributed by atoms with Crippen molar-refractivity contribution in [3.8, 4) is 5.75 Å². The normalized spacial score (nSPS) is 15.7. The van der Waals surface area contributed by atoms with Gasteiger partial charge in [0.05, 0.1) is 16.7 Å². The van der Waals surface area contributed by atoms with Gasteiger partial charge in [-0.2, -0.15) is 4.31 Å². The SMILES string of the molecule is CC(Sc1ccc(Cl)cc1)C(=O)NCCOc1ccc(S(=O)(=O)N2CCCC2)cc1. The van der Waals surface area contributed by atoms with E-state index in [0.29, 0.717) is 37.0 Å². The third kappa shape index (κ3) is 6.14. The number of nitrogens with one attached hydrogen (secondary N) is 1. The van der Waals surface area contributed by atoms with Gasteiger partial charge in [0, 0.05) is 23.0 Å². The van der Waals surface area contributed by atoms with Crippen LogP contribution in [0.5, 0.6) is 5.75 Å². The van der Waals surface area contributed by atoms with Crippen molar-refractivity contribution in [1.82, 2.24) is 9.62 Å². The summed E-state index contributed by atoms with van der Waals surface area (Å²) in [6.07, 6.45) is 1.81. The van der Waals surface area contributed by atoms with E-state index >= 15 is 0 Å². The molecule has 30 heavy (non-hydrogen) atoms. The van der Waals surface area contributed by atoms with E-state index in [1.165, 1.54) is 16.1 Å². The van der Waals surface area contributed by atoms with Crippen LogP contribution in [0.4, 0.5) is 0 Å². The van der Waals surface area contributed by atoms with Gasteiger partial charge in [0.15, 0.2) is 0 Å². The van der Waals surface area contributed by atoms with Gasteiger partial charge in [0.1, 0.15) is 12.4 Å². The number of ether oxygens (including phenoxy) is 1. The lowest BCUT2D eigenvalue weighted by atomic mass is 10.3. The van der Waals surface area contributed by atoms with Crippen LogP contribution in [0.2, 0.25) is 5.02 Å². The first kappa shape index (κ1) is 22.9. The number of hydrogen-bond acceptors (Lipinski definition) is 5. The van der Waals surface area contributed by atoms with Gasteiger partial charge in [-0.25, -0.2) is 8.42 Å². The fraction of sp³-hybridized carbons (Fsp3) is 0.381. The Hall–Kier alpha value is -1.74. The molecular formula is C21H25ClN2O4S2. The van der Waals surface area contributed by atoms with Gasteiger partial charge >= 0.3 is 0 Å². The van der Waals surface area contributed by atoms with Gasteiger partial charge < -0.3 is 10.1 Å². The van der Waals surface area contributed by atoms with Crippen LogP contribution in [0, 0.1) is 0 Å². The van der Waals surface area contributed by atoms with Crippen LogP contribution in [0.15, 0.2) is 58.3 Å². The Morgan fingerprint density at radius 3 is 2.40 bits per heavy atom. The van der Waals surface area contributed by atoms with E-state index in [-0.39, 0.29) is 16.1 Å². The molecule has 2 aromatic rings. The van der Waals surface area contributed by atoms with Crippen LogP contribution in [-0.2, 0) is 14.8 Å². The molecule has 0 spiro atoms. The summed E-state index contributed by atoms with van der Waals surface area (Å²) in [6, 6.07) is 13.8. The summed E-state index contributed by atoms with van der Waals surface area (Å²) in [6.45, 7) is 3.65. The molecule has 1 saturated heterocycles. The maximum atomic E-state index is 12.5. The molecular weight excluding hydrogens is 444 g/mol. The molecule has 3 rings (SSSR count). The van der Waals surface area contributed by atoms with E-state index in [0.717, 1.165) is 17.7 Å². The molecule has 0 radical (unpaired) electrons. The van der Waals surface area contributed by atoms with Crippen molar-refractivity contribution in [2.45, 2.75) is 34.8 Å². The van der Waals surface area contributed by atoms with E-state index in [2.05, 4.69) is 5.32 Å². The first-order valence-electron chi connectivity index (χ1n) is 9.79. The fourth-order valence-electron chi connectivity index (χ4n) is 3.04. The smallest absolute Gasteiger partial charge is 0.243 e. The Bertz CT molecular complexity index is 944. The van der Waals surface area contributed by atoms with Gasteiger partial charge in [-0.15, -0.1) is 11.8 Å². The number of nitrogens with zero attached hydrogens (tertiary/aromatic N) is 1. The van der Waals surface area contributed by atoms with E-state index in [4.69, 9.17) is 16.3 Å². The Morgan fingerprint density at radius 1 is 1.13 bits per heavy atom. The first-order valence-corrected chi connectivity index (χ1v) is 12.5. The molecule has 1 aliphatic rings. The first-order chi connectivity index (χ1) is 14.4. The largest absolute Gasteiger partial charge is 0.492 e. The van der Waals surface area contributed by atoms with Crippen molar-refractivity contribution in [3.63, 3.8) is 0 Å². The molecule has 0 saturated carbocycles.